The van der Waals surface area contributed by atoms with Gasteiger partial charge in [-0.05, 0) is 56.5 Å². The quantitative estimate of drug-likeness (QED) is 0.311. The highest BCUT2D eigenvalue weighted by atomic mass is 32.2. The number of anilines is 2. The monoisotopic (exact) mass is 529 g/mol. The Kier molecular flexibility index (Phi) is 7.48. The second-order valence-corrected chi connectivity index (χ2v) is 11.0. The standard InChI is InChI=1S/C22H23N7O3S3/c1-4-29-21(18-6-5-11-33-18)26-27-22(29)34-13-20(30)25-16-7-9-17(10-8-16)35(31,32)28-19-12-14(2)23-15(3)24-19/h5-12H,4,13H2,1-3H3,(H,25,30)(H,23,24,28). The van der Waals surface area contributed by atoms with Gasteiger partial charge in [0.15, 0.2) is 11.0 Å². The van der Waals surface area contributed by atoms with Gasteiger partial charge in [-0.3, -0.25) is 9.52 Å². The minimum atomic E-state index is -3.84. The lowest BCUT2D eigenvalue weighted by molar-refractivity contribution is -0.113. The van der Waals surface area contributed by atoms with Crippen molar-refractivity contribution in [1.29, 1.82) is 0 Å². The average Bonchev–Trinajstić information content (AvgIpc) is 3.46. The molecule has 0 fully saturated rings. The highest BCUT2D eigenvalue weighted by Crippen LogP contribution is 2.27. The van der Waals surface area contributed by atoms with Crippen molar-refractivity contribution in [2.75, 3.05) is 15.8 Å². The van der Waals surface area contributed by atoms with Crippen molar-refractivity contribution < 1.29 is 13.2 Å². The number of hydrogen-bond acceptors (Lipinski definition) is 9. The summed E-state index contributed by atoms with van der Waals surface area (Å²) in [5, 5.41) is 13.9. The van der Waals surface area contributed by atoms with E-state index in [1.807, 2.05) is 29.0 Å². The minimum absolute atomic E-state index is 0.0518. The molecule has 3 aromatic heterocycles. The Labute approximate surface area is 211 Å². The van der Waals surface area contributed by atoms with Crippen LogP contribution < -0.4 is 10.0 Å². The van der Waals surface area contributed by atoms with Gasteiger partial charge < -0.3 is 9.88 Å². The van der Waals surface area contributed by atoms with Crippen molar-refractivity contribution in [2.24, 2.45) is 0 Å². The summed E-state index contributed by atoms with van der Waals surface area (Å²) in [6.45, 7) is 6.14. The van der Waals surface area contributed by atoms with E-state index in [-0.39, 0.29) is 22.4 Å². The fourth-order valence-corrected chi connectivity index (χ4v) is 5.79. The summed E-state index contributed by atoms with van der Waals surface area (Å²) in [4.78, 5) is 21.8. The molecule has 0 aliphatic carbocycles. The van der Waals surface area contributed by atoms with Gasteiger partial charge in [-0.15, -0.1) is 21.5 Å². The largest absolute Gasteiger partial charge is 0.325 e. The smallest absolute Gasteiger partial charge is 0.263 e. The number of nitrogens with zero attached hydrogens (tertiary/aromatic N) is 5. The predicted octanol–water partition coefficient (Wildman–Crippen LogP) is 3.96. The maximum atomic E-state index is 12.7. The fraction of sp³-hybridized carbons (Fsp3) is 0.227. The van der Waals surface area contributed by atoms with Crippen LogP contribution in [0.4, 0.5) is 11.5 Å². The van der Waals surface area contributed by atoms with Crippen molar-refractivity contribution in [3.05, 3.63) is 59.4 Å². The second kappa shape index (κ2) is 10.5. The van der Waals surface area contributed by atoms with Crippen molar-refractivity contribution >= 4 is 50.5 Å². The van der Waals surface area contributed by atoms with Crippen LogP contribution in [0.5, 0.6) is 0 Å². The number of aromatic nitrogens is 5. The number of carbonyl (C=O) groups is 1. The number of rotatable bonds is 9. The fourth-order valence-electron chi connectivity index (χ4n) is 3.28. The summed E-state index contributed by atoms with van der Waals surface area (Å²) in [6.07, 6.45) is 0. The van der Waals surface area contributed by atoms with E-state index >= 15 is 0 Å². The Morgan fingerprint density at radius 2 is 1.89 bits per heavy atom. The molecule has 0 spiro atoms. The molecular formula is C22H23N7O3S3. The van der Waals surface area contributed by atoms with Crippen molar-refractivity contribution in [2.45, 2.75) is 37.4 Å². The number of carbonyl (C=O) groups excluding carboxylic acids is 1. The van der Waals surface area contributed by atoms with Crippen LogP contribution in [0.1, 0.15) is 18.4 Å². The highest BCUT2D eigenvalue weighted by Gasteiger charge is 2.17. The third-order valence-corrected chi connectivity index (χ3v) is 7.96. The van der Waals surface area contributed by atoms with Gasteiger partial charge in [-0.1, -0.05) is 17.8 Å². The first kappa shape index (κ1) is 24.8. The van der Waals surface area contributed by atoms with Crippen LogP contribution >= 0.6 is 23.1 Å². The second-order valence-electron chi connectivity index (χ2n) is 7.44. The van der Waals surface area contributed by atoms with Crippen LogP contribution in [0.15, 0.2) is 57.9 Å². The van der Waals surface area contributed by atoms with E-state index in [0.717, 1.165) is 10.7 Å². The zero-order valence-corrected chi connectivity index (χ0v) is 21.7. The van der Waals surface area contributed by atoms with Gasteiger partial charge in [0, 0.05) is 24.0 Å². The SMILES string of the molecule is CCn1c(SCC(=O)Nc2ccc(S(=O)(=O)Nc3cc(C)nc(C)n3)cc2)nnc1-c1cccs1. The van der Waals surface area contributed by atoms with Crippen molar-refractivity contribution in [3.8, 4) is 10.7 Å². The van der Waals surface area contributed by atoms with Gasteiger partial charge in [0.05, 0.1) is 15.5 Å². The van der Waals surface area contributed by atoms with Gasteiger partial charge in [0.2, 0.25) is 5.91 Å². The van der Waals surface area contributed by atoms with Gasteiger partial charge >= 0.3 is 0 Å². The van der Waals surface area contributed by atoms with Crippen molar-refractivity contribution in [1.82, 2.24) is 24.7 Å². The molecule has 10 nitrogen and oxygen atoms in total. The average molecular weight is 530 g/mol. The molecule has 182 valence electrons. The van der Waals surface area contributed by atoms with E-state index in [0.29, 0.717) is 28.9 Å². The van der Waals surface area contributed by atoms with E-state index in [9.17, 15) is 13.2 Å². The number of aryl methyl sites for hydroxylation is 2. The molecule has 0 aliphatic heterocycles. The molecule has 0 radical (unpaired) electrons. The predicted molar refractivity (Wildman–Crippen MR) is 137 cm³/mol. The Balaban J connectivity index is 1.37. The molecule has 1 aromatic carbocycles. The molecule has 3 heterocycles. The molecule has 4 aromatic rings. The van der Waals surface area contributed by atoms with E-state index in [1.165, 1.54) is 36.0 Å². The Morgan fingerprint density at radius 1 is 1.11 bits per heavy atom. The normalized spacial score (nSPS) is 11.4. The Bertz CT molecular complexity index is 1410. The Hall–Kier alpha value is -3.29. The van der Waals surface area contributed by atoms with Gasteiger partial charge in [-0.2, -0.15) is 0 Å². The third kappa shape index (κ3) is 6.05. The lowest BCUT2D eigenvalue weighted by Crippen LogP contribution is -2.16. The van der Waals surface area contributed by atoms with Crippen LogP contribution in [-0.2, 0) is 21.4 Å². The summed E-state index contributed by atoms with van der Waals surface area (Å²) in [5.74, 6) is 1.35. The first-order chi connectivity index (χ1) is 16.7. The van der Waals surface area contributed by atoms with Gasteiger partial charge in [0.25, 0.3) is 10.0 Å². The summed E-state index contributed by atoms with van der Waals surface area (Å²) >= 11 is 2.88. The summed E-state index contributed by atoms with van der Waals surface area (Å²) in [5.41, 5.74) is 1.14. The first-order valence-electron chi connectivity index (χ1n) is 10.6. The maximum Gasteiger partial charge on any atom is 0.263 e. The van der Waals surface area contributed by atoms with E-state index in [2.05, 4.69) is 30.2 Å². The highest BCUT2D eigenvalue weighted by molar-refractivity contribution is 7.99. The van der Waals surface area contributed by atoms with E-state index in [1.54, 1.807) is 31.3 Å². The molecule has 1 amide bonds. The first-order valence-corrected chi connectivity index (χ1v) is 13.9. The summed E-state index contributed by atoms with van der Waals surface area (Å²) in [6, 6.07) is 11.4. The summed E-state index contributed by atoms with van der Waals surface area (Å²) < 4.78 is 29.8. The molecular weight excluding hydrogens is 506 g/mol. The van der Waals surface area contributed by atoms with Crippen LogP contribution in [0.3, 0.4) is 0 Å². The molecule has 4 rings (SSSR count). The minimum Gasteiger partial charge on any atom is -0.325 e. The molecule has 0 saturated heterocycles. The number of benzene rings is 1. The van der Waals surface area contributed by atoms with Gasteiger partial charge in [0.1, 0.15) is 11.6 Å². The number of thiophene rings is 1. The molecule has 0 aliphatic rings. The van der Waals surface area contributed by atoms with Crippen LogP contribution in [-0.4, -0.2) is 44.8 Å². The Morgan fingerprint density at radius 3 is 2.54 bits per heavy atom. The number of thioether (sulfide) groups is 1. The summed E-state index contributed by atoms with van der Waals surface area (Å²) in [7, 11) is -3.84. The molecule has 2 N–H and O–H groups in total. The topological polar surface area (TPSA) is 132 Å². The number of hydrogen-bond donors (Lipinski definition) is 2. The van der Waals surface area contributed by atoms with Crippen LogP contribution in [0, 0.1) is 13.8 Å². The molecule has 35 heavy (non-hydrogen) atoms. The molecule has 0 atom stereocenters. The maximum absolute atomic E-state index is 12.7. The number of nitrogens with one attached hydrogen (secondary N) is 2. The van der Waals surface area contributed by atoms with E-state index in [4.69, 9.17) is 0 Å². The lowest BCUT2D eigenvalue weighted by atomic mass is 10.3. The molecule has 0 bridgehead atoms. The van der Waals surface area contributed by atoms with E-state index < -0.39 is 10.0 Å². The van der Waals surface area contributed by atoms with Gasteiger partial charge in [-0.25, -0.2) is 18.4 Å². The third-order valence-electron chi connectivity index (χ3n) is 4.76. The zero-order valence-electron chi connectivity index (χ0n) is 19.2. The van der Waals surface area contributed by atoms with Crippen molar-refractivity contribution in [3.63, 3.8) is 0 Å². The molecule has 0 unspecified atom stereocenters. The lowest BCUT2D eigenvalue weighted by Gasteiger charge is -2.10. The molecule has 13 heteroatoms. The molecule has 0 saturated carbocycles. The number of amides is 1. The zero-order chi connectivity index (χ0) is 25.0. The van der Waals surface area contributed by atoms with Crippen LogP contribution in [0.25, 0.3) is 10.7 Å². The number of sulfonamides is 1. The van der Waals surface area contributed by atoms with Crippen LogP contribution in [0.2, 0.25) is 0 Å².